The average Bonchev–Trinajstić information content (AvgIpc) is 2.81. The Morgan fingerprint density at radius 2 is 2.00 bits per heavy atom. The molecule has 0 radical (unpaired) electrons. The van der Waals surface area contributed by atoms with Crippen molar-refractivity contribution in [3.05, 3.63) is 56.7 Å². The van der Waals surface area contributed by atoms with Gasteiger partial charge in [0.05, 0.1) is 10.3 Å². The number of thiophene rings is 1. The largest absolute Gasteiger partial charge is 0.340 e. The minimum atomic E-state index is -0.261. The van der Waals surface area contributed by atoms with Gasteiger partial charge in [0.1, 0.15) is 0 Å². The maximum Gasteiger partial charge on any atom is 0.296 e. The Kier molecular flexibility index (Phi) is 4.57. The minimum Gasteiger partial charge on any atom is -0.340 e. The maximum absolute atomic E-state index is 11.5. The normalized spacial score (nSPS) is 9.39. The van der Waals surface area contributed by atoms with Crippen LogP contribution < -0.4 is 5.32 Å². The predicted molar refractivity (Wildman–Crippen MR) is 77.2 cm³/mol. The van der Waals surface area contributed by atoms with Crippen molar-refractivity contribution in [1.29, 1.82) is 0 Å². The second kappa shape index (κ2) is 6.39. The third-order valence-electron chi connectivity index (χ3n) is 2.15. The van der Waals surface area contributed by atoms with Crippen molar-refractivity contribution in [2.24, 2.45) is 0 Å². The van der Waals surface area contributed by atoms with Crippen LogP contribution in [-0.4, -0.2) is 5.91 Å². The zero-order valence-corrected chi connectivity index (χ0v) is 11.8. The standard InChI is InChI=1S/C14H10BrNOS/c15-13-8-7-12(18-13)10-16-14(17)9-6-11-4-2-1-3-5-11/h1-5,7-8H,10H2,(H,16,17). The highest BCUT2D eigenvalue weighted by molar-refractivity contribution is 9.11. The Morgan fingerprint density at radius 1 is 1.22 bits per heavy atom. The molecule has 18 heavy (non-hydrogen) atoms. The van der Waals surface area contributed by atoms with Gasteiger partial charge < -0.3 is 5.32 Å². The summed E-state index contributed by atoms with van der Waals surface area (Å²) in [7, 11) is 0. The van der Waals surface area contributed by atoms with Gasteiger partial charge >= 0.3 is 0 Å². The van der Waals surface area contributed by atoms with Crippen molar-refractivity contribution in [3.8, 4) is 11.8 Å². The molecule has 1 aromatic carbocycles. The van der Waals surface area contributed by atoms with Gasteiger partial charge in [-0.25, -0.2) is 0 Å². The number of hydrogen-bond acceptors (Lipinski definition) is 2. The summed E-state index contributed by atoms with van der Waals surface area (Å²) in [6.07, 6.45) is 0. The summed E-state index contributed by atoms with van der Waals surface area (Å²) in [5.74, 6) is 5.13. The number of hydrogen-bond donors (Lipinski definition) is 1. The van der Waals surface area contributed by atoms with Crippen molar-refractivity contribution >= 4 is 33.2 Å². The molecule has 2 aromatic rings. The van der Waals surface area contributed by atoms with E-state index >= 15 is 0 Å². The summed E-state index contributed by atoms with van der Waals surface area (Å²) >= 11 is 4.98. The van der Waals surface area contributed by atoms with Gasteiger partial charge in [0.25, 0.3) is 5.91 Å². The molecule has 1 amide bonds. The van der Waals surface area contributed by atoms with E-state index < -0.39 is 0 Å². The fourth-order valence-electron chi connectivity index (χ4n) is 1.31. The first-order chi connectivity index (χ1) is 8.74. The van der Waals surface area contributed by atoms with Gasteiger partial charge in [-0.3, -0.25) is 4.79 Å². The van der Waals surface area contributed by atoms with E-state index in [0.717, 1.165) is 14.2 Å². The number of rotatable bonds is 2. The van der Waals surface area contributed by atoms with E-state index in [9.17, 15) is 4.79 Å². The lowest BCUT2D eigenvalue weighted by Crippen LogP contribution is -2.20. The van der Waals surface area contributed by atoms with E-state index in [1.807, 2.05) is 42.5 Å². The minimum absolute atomic E-state index is 0.261. The van der Waals surface area contributed by atoms with Crippen LogP contribution in [0.25, 0.3) is 0 Å². The SMILES string of the molecule is O=C(C#Cc1ccccc1)NCc1ccc(Br)s1. The van der Waals surface area contributed by atoms with Crippen LogP contribution in [0.2, 0.25) is 0 Å². The molecule has 1 heterocycles. The molecule has 1 aromatic heterocycles. The van der Waals surface area contributed by atoms with Crippen molar-refractivity contribution in [2.45, 2.75) is 6.54 Å². The lowest BCUT2D eigenvalue weighted by molar-refractivity contribution is -0.115. The fraction of sp³-hybridized carbons (Fsp3) is 0.0714. The van der Waals surface area contributed by atoms with E-state index in [1.165, 1.54) is 0 Å². The molecule has 0 saturated heterocycles. The van der Waals surface area contributed by atoms with Gasteiger partial charge in [0.15, 0.2) is 0 Å². The fourth-order valence-corrected chi connectivity index (χ4v) is 2.73. The van der Waals surface area contributed by atoms with Crippen molar-refractivity contribution in [1.82, 2.24) is 5.32 Å². The second-order valence-corrected chi connectivity index (χ2v) is 6.05. The van der Waals surface area contributed by atoms with Crippen LogP contribution >= 0.6 is 27.3 Å². The Labute approximate surface area is 118 Å². The van der Waals surface area contributed by atoms with Gasteiger partial charge in [-0.1, -0.05) is 24.1 Å². The van der Waals surface area contributed by atoms with E-state index in [2.05, 4.69) is 33.1 Å². The van der Waals surface area contributed by atoms with Crippen LogP contribution in [0.4, 0.5) is 0 Å². The average molecular weight is 320 g/mol. The highest BCUT2D eigenvalue weighted by Crippen LogP contribution is 2.21. The van der Waals surface area contributed by atoms with Crippen molar-refractivity contribution in [2.75, 3.05) is 0 Å². The topological polar surface area (TPSA) is 29.1 Å². The lowest BCUT2D eigenvalue weighted by atomic mass is 10.2. The van der Waals surface area contributed by atoms with Gasteiger partial charge in [-0.05, 0) is 40.2 Å². The molecule has 0 saturated carbocycles. The zero-order chi connectivity index (χ0) is 12.8. The molecule has 0 spiro atoms. The van der Waals surface area contributed by atoms with Crippen LogP contribution in [0.5, 0.6) is 0 Å². The van der Waals surface area contributed by atoms with Crippen LogP contribution in [0.15, 0.2) is 46.3 Å². The van der Waals surface area contributed by atoms with E-state index in [0.29, 0.717) is 6.54 Å². The summed E-state index contributed by atoms with van der Waals surface area (Å²) < 4.78 is 1.06. The Bertz CT molecular complexity index is 595. The Hall–Kier alpha value is -1.57. The molecule has 2 nitrogen and oxygen atoms in total. The third-order valence-corrected chi connectivity index (χ3v) is 3.77. The van der Waals surface area contributed by atoms with Crippen LogP contribution in [0.3, 0.4) is 0 Å². The van der Waals surface area contributed by atoms with Gasteiger partial charge in [0, 0.05) is 16.4 Å². The summed E-state index contributed by atoms with van der Waals surface area (Å²) in [6.45, 7) is 0.512. The van der Waals surface area contributed by atoms with Gasteiger partial charge in [-0.15, -0.1) is 11.3 Å². The maximum atomic E-state index is 11.5. The molecule has 0 bridgehead atoms. The Morgan fingerprint density at radius 3 is 2.67 bits per heavy atom. The molecule has 0 unspecified atom stereocenters. The first-order valence-electron chi connectivity index (χ1n) is 5.33. The summed E-state index contributed by atoms with van der Waals surface area (Å²) in [4.78, 5) is 12.6. The first-order valence-corrected chi connectivity index (χ1v) is 6.94. The summed E-state index contributed by atoms with van der Waals surface area (Å²) in [5.41, 5.74) is 0.839. The smallest absolute Gasteiger partial charge is 0.296 e. The highest BCUT2D eigenvalue weighted by atomic mass is 79.9. The monoisotopic (exact) mass is 319 g/mol. The Balaban J connectivity index is 1.88. The number of carbonyl (C=O) groups is 1. The molecule has 0 atom stereocenters. The molecule has 2 rings (SSSR count). The summed E-state index contributed by atoms with van der Waals surface area (Å²) in [5, 5.41) is 2.76. The van der Waals surface area contributed by atoms with E-state index in [4.69, 9.17) is 0 Å². The van der Waals surface area contributed by atoms with Crippen molar-refractivity contribution < 1.29 is 4.79 Å². The molecule has 0 aliphatic heterocycles. The molecular formula is C14H10BrNOS. The molecule has 4 heteroatoms. The van der Waals surface area contributed by atoms with Crippen molar-refractivity contribution in [3.63, 3.8) is 0 Å². The zero-order valence-electron chi connectivity index (χ0n) is 9.44. The number of nitrogens with one attached hydrogen (secondary N) is 1. The molecule has 0 fully saturated rings. The van der Waals surface area contributed by atoms with Crippen LogP contribution in [-0.2, 0) is 11.3 Å². The van der Waals surface area contributed by atoms with Crippen LogP contribution in [0.1, 0.15) is 10.4 Å². The molecule has 0 aliphatic rings. The molecular weight excluding hydrogens is 310 g/mol. The summed E-state index contributed by atoms with van der Waals surface area (Å²) in [6, 6.07) is 13.4. The highest BCUT2D eigenvalue weighted by Gasteiger charge is 1.99. The van der Waals surface area contributed by atoms with Gasteiger partial charge in [0.2, 0.25) is 0 Å². The molecule has 0 aliphatic carbocycles. The predicted octanol–water partition coefficient (Wildman–Crippen LogP) is 3.18. The van der Waals surface area contributed by atoms with Crippen LogP contribution in [0, 0.1) is 11.8 Å². The molecule has 1 N–H and O–H groups in total. The number of benzene rings is 1. The quantitative estimate of drug-likeness (QED) is 0.846. The number of halogens is 1. The number of carbonyl (C=O) groups excluding carboxylic acids is 1. The van der Waals surface area contributed by atoms with Gasteiger partial charge in [-0.2, -0.15) is 0 Å². The number of amides is 1. The first kappa shape index (κ1) is 12.9. The lowest BCUT2D eigenvalue weighted by Gasteiger charge is -1.96. The second-order valence-electron chi connectivity index (χ2n) is 3.50. The third kappa shape index (κ3) is 4.02. The van der Waals surface area contributed by atoms with E-state index in [-0.39, 0.29) is 5.91 Å². The molecule has 90 valence electrons. The van der Waals surface area contributed by atoms with E-state index in [1.54, 1.807) is 11.3 Å².